The second kappa shape index (κ2) is 9.11. The molecule has 0 bridgehead atoms. The SMILES string of the molecule is CN(C)C(=O)c1ccc(CNC(=O)c2cc(-c3ccco3)n(-c3cccc(Cl)c3)n2)cc1. The van der Waals surface area contributed by atoms with Gasteiger partial charge in [-0.25, -0.2) is 4.68 Å². The molecule has 162 valence electrons. The van der Waals surface area contributed by atoms with Gasteiger partial charge in [0.05, 0.1) is 12.0 Å². The van der Waals surface area contributed by atoms with E-state index < -0.39 is 0 Å². The van der Waals surface area contributed by atoms with Crippen LogP contribution in [0.15, 0.2) is 77.4 Å². The highest BCUT2D eigenvalue weighted by molar-refractivity contribution is 6.30. The number of benzene rings is 2. The Morgan fingerprint density at radius 1 is 1.06 bits per heavy atom. The molecule has 0 saturated heterocycles. The van der Waals surface area contributed by atoms with Gasteiger partial charge in [-0.05, 0) is 48.0 Å². The van der Waals surface area contributed by atoms with E-state index in [4.69, 9.17) is 16.0 Å². The molecule has 0 unspecified atom stereocenters. The van der Waals surface area contributed by atoms with E-state index in [0.717, 1.165) is 5.56 Å². The summed E-state index contributed by atoms with van der Waals surface area (Å²) in [5, 5.41) is 7.91. The van der Waals surface area contributed by atoms with Crippen LogP contribution in [0.5, 0.6) is 0 Å². The Hall–Kier alpha value is -3.84. The zero-order valence-corrected chi connectivity index (χ0v) is 18.3. The molecule has 0 atom stereocenters. The Kier molecular flexibility index (Phi) is 6.09. The third-order valence-corrected chi connectivity index (χ3v) is 5.06. The summed E-state index contributed by atoms with van der Waals surface area (Å²) in [5.74, 6) is 0.183. The monoisotopic (exact) mass is 448 g/mol. The van der Waals surface area contributed by atoms with Crippen LogP contribution in [0.2, 0.25) is 5.02 Å². The van der Waals surface area contributed by atoms with Crippen molar-refractivity contribution in [2.45, 2.75) is 6.54 Å². The summed E-state index contributed by atoms with van der Waals surface area (Å²) in [6.45, 7) is 0.301. The molecule has 2 heterocycles. The van der Waals surface area contributed by atoms with E-state index in [2.05, 4.69) is 10.4 Å². The van der Waals surface area contributed by atoms with Gasteiger partial charge in [0.25, 0.3) is 11.8 Å². The molecule has 1 N–H and O–H groups in total. The summed E-state index contributed by atoms with van der Waals surface area (Å²) in [6, 6.07) is 19.6. The number of rotatable bonds is 6. The van der Waals surface area contributed by atoms with E-state index in [0.29, 0.717) is 34.3 Å². The molecule has 8 heteroatoms. The van der Waals surface area contributed by atoms with Crippen LogP contribution in [-0.4, -0.2) is 40.6 Å². The Balaban J connectivity index is 1.54. The van der Waals surface area contributed by atoms with Gasteiger partial charge in [-0.2, -0.15) is 5.10 Å². The lowest BCUT2D eigenvalue weighted by Gasteiger charge is -2.10. The summed E-state index contributed by atoms with van der Waals surface area (Å²) in [7, 11) is 3.41. The van der Waals surface area contributed by atoms with Crippen molar-refractivity contribution in [3.63, 3.8) is 0 Å². The van der Waals surface area contributed by atoms with Gasteiger partial charge < -0.3 is 14.6 Å². The summed E-state index contributed by atoms with van der Waals surface area (Å²) < 4.78 is 7.15. The Morgan fingerprint density at radius 2 is 1.84 bits per heavy atom. The van der Waals surface area contributed by atoms with Gasteiger partial charge in [-0.3, -0.25) is 9.59 Å². The van der Waals surface area contributed by atoms with Crippen LogP contribution in [0.25, 0.3) is 17.1 Å². The fourth-order valence-corrected chi connectivity index (χ4v) is 3.38. The highest BCUT2D eigenvalue weighted by Gasteiger charge is 2.18. The smallest absolute Gasteiger partial charge is 0.272 e. The predicted molar refractivity (Wildman–Crippen MR) is 122 cm³/mol. The van der Waals surface area contributed by atoms with Crippen LogP contribution < -0.4 is 5.32 Å². The summed E-state index contributed by atoms with van der Waals surface area (Å²) in [6.07, 6.45) is 1.56. The normalized spacial score (nSPS) is 10.7. The van der Waals surface area contributed by atoms with Crippen molar-refractivity contribution in [1.82, 2.24) is 20.0 Å². The lowest BCUT2D eigenvalue weighted by molar-refractivity contribution is 0.0827. The number of hydrogen-bond acceptors (Lipinski definition) is 4. The summed E-state index contributed by atoms with van der Waals surface area (Å²) in [5.41, 5.74) is 3.05. The zero-order chi connectivity index (χ0) is 22.7. The van der Waals surface area contributed by atoms with Gasteiger partial charge in [0, 0.05) is 37.3 Å². The second-order valence-electron chi connectivity index (χ2n) is 7.36. The van der Waals surface area contributed by atoms with E-state index in [-0.39, 0.29) is 17.5 Å². The van der Waals surface area contributed by atoms with E-state index in [1.54, 1.807) is 67.5 Å². The highest BCUT2D eigenvalue weighted by atomic mass is 35.5. The number of amides is 2. The first-order chi connectivity index (χ1) is 15.4. The quantitative estimate of drug-likeness (QED) is 0.473. The van der Waals surface area contributed by atoms with Gasteiger partial charge >= 0.3 is 0 Å². The maximum absolute atomic E-state index is 12.8. The highest BCUT2D eigenvalue weighted by Crippen LogP contribution is 2.26. The molecule has 4 aromatic rings. The maximum Gasteiger partial charge on any atom is 0.272 e. The third-order valence-electron chi connectivity index (χ3n) is 4.83. The molecule has 7 nitrogen and oxygen atoms in total. The van der Waals surface area contributed by atoms with Crippen LogP contribution in [-0.2, 0) is 6.54 Å². The number of carbonyl (C=O) groups is 2. The average Bonchev–Trinajstić information content (AvgIpc) is 3.47. The van der Waals surface area contributed by atoms with E-state index in [9.17, 15) is 9.59 Å². The molecule has 0 radical (unpaired) electrons. The Labute approximate surface area is 190 Å². The van der Waals surface area contributed by atoms with Crippen LogP contribution in [0.4, 0.5) is 0 Å². The molecule has 0 spiro atoms. The van der Waals surface area contributed by atoms with Gasteiger partial charge in [0.1, 0.15) is 5.69 Å². The van der Waals surface area contributed by atoms with Crippen molar-refractivity contribution in [2.24, 2.45) is 0 Å². The first-order valence-corrected chi connectivity index (χ1v) is 10.3. The molecule has 0 aliphatic rings. The number of hydrogen-bond donors (Lipinski definition) is 1. The summed E-state index contributed by atoms with van der Waals surface area (Å²) >= 11 is 6.14. The lowest BCUT2D eigenvalue weighted by Crippen LogP contribution is -2.24. The molecule has 2 amide bonds. The average molecular weight is 449 g/mol. The minimum Gasteiger partial charge on any atom is -0.463 e. The lowest BCUT2D eigenvalue weighted by atomic mass is 10.1. The third kappa shape index (κ3) is 4.58. The van der Waals surface area contributed by atoms with Crippen LogP contribution in [0.1, 0.15) is 26.4 Å². The molecule has 0 aliphatic carbocycles. The minimum atomic E-state index is -0.327. The maximum atomic E-state index is 12.8. The van der Waals surface area contributed by atoms with E-state index in [1.807, 2.05) is 24.3 Å². The summed E-state index contributed by atoms with van der Waals surface area (Å²) in [4.78, 5) is 26.3. The molecule has 2 aromatic heterocycles. The zero-order valence-electron chi connectivity index (χ0n) is 17.6. The fraction of sp³-hybridized carbons (Fsp3) is 0.125. The molecule has 32 heavy (non-hydrogen) atoms. The molecule has 0 saturated carbocycles. The van der Waals surface area contributed by atoms with Crippen molar-refractivity contribution < 1.29 is 14.0 Å². The molecule has 0 aliphatic heterocycles. The van der Waals surface area contributed by atoms with Gasteiger partial charge in [0.15, 0.2) is 11.5 Å². The van der Waals surface area contributed by atoms with Gasteiger partial charge in [0.2, 0.25) is 0 Å². The van der Waals surface area contributed by atoms with E-state index >= 15 is 0 Å². The van der Waals surface area contributed by atoms with Crippen molar-refractivity contribution >= 4 is 23.4 Å². The van der Waals surface area contributed by atoms with Crippen molar-refractivity contribution in [2.75, 3.05) is 14.1 Å². The van der Waals surface area contributed by atoms with Gasteiger partial charge in [-0.1, -0.05) is 29.8 Å². The number of furan rings is 1. The molecular weight excluding hydrogens is 428 g/mol. The van der Waals surface area contributed by atoms with Crippen LogP contribution in [0, 0.1) is 0 Å². The Morgan fingerprint density at radius 3 is 2.50 bits per heavy atom. The first-order valence-electron chi connectivity index (χ1n) is 9.91. The van der Waals surface area contributed by atoms with Crippen LogP contribution in [0.3, 0.4) is 0 Å². The minimum absolute atomic E-state index is 0.0717. The van der Waals surface area contributed by atoms with Crippen LogP contribution >= 0.6 is 11.6 Å². The van der Waals surface area contributed by atoms with Crippen molar-refractivity contribution in [3.05, 3.63) is 94.8 Å². The standard InChI is InChI=1S/C24H21ClN4O3/c1-28(2)24(31)17-10-8-16(9-11-17)15-26-23(30)20-14-21(22-7-4-12-32-22)29(27-20)19-6-3-5-18(25)13-19/h3-14H,15H2,1-2H3,(H,26,30). The largest absolute Gasteiger partial charge is 0.463 e. The Bertz CT molecular complexity index is 1240. The first kappa shape index (κ1) is 21.4. The number of nitrogens with one attached hydrogen (secondary N) is 1. The molecule has 2 aromatic carbocycles. The van der Waals surface area contributed by atoms with Crippen molar-refractivity contribution in [3.8, 4) is 17.1 Å². The number of carbonyl (C=O) groups excluding carboxylic acids is 2. The number of aromatic nitrogens is 2. The van der Waals surface area contributed by atoms with E-state index in [1.165, 1.54) is 4.90 Å². The number of halogens is 1. The molecule has 4 rings (SSSR count). The van der Waals surface area contributed by atoms with Crippen molar-refractivity contribution in [1.29, 1.82) is 0 Å². The fourth-order valence-electron chi connectivity index (χ4n) is 3.19. The number of nitrogens with zero attached hydrogens (tertiary/aromatic N) is 3. The topological polar surface area (TPSA) is 80.4 Å². The molecule has 0 fully saturated rings. The molecular formula is C24H21ClN4O3. The van der Waals surface area contributed by atoms with Gasteiger partial charge in [-0.15, -0.1) is 0 Å². The predicted octanol–water partition coefficient (Wildman–Crippen LogP) is 4.42. The second-order valence-corrected chi connectivity index (χ2v) is 7.80.